The zero-order chi connectivity index (χ0) is 15.2. The summed E-state index contributed by atoms with van der Waals surface area (Å²) in [5.74, 6) is -0.0646. The Bertz CT molecular complexity index is 488. The standard InChI is InChI=1S/C15H21FN2O3/c1-20-11-15(19)18-7-5-17(6-8-18)10-12-3-4-14(21-2)13(16)9-12/h3-4,9H,5-8,10-11H2,1-2H3. The number of amides is 1. The lowest BCUT2D eigenvalue weighted by Crippen LogP contribution is -2.49. The summed E-state index contributed by atoms with van der Waals surface area (Å²) in [6.45, 7) is 3.73. The van der Waals surface area contributed by atoms with Crippen molar-refractivity contribution >= 4 is 5.91 Å². The van der Waals surface area contributed by atoms with Crippen LogP contribution < -0.4 is 4.74 Å². The molecule has 1 aliphatic rings. The van der Waals surface area contributed by atoms with Gasteiger partial charge in [0, 0.05) is 39.8 Å². The fourth-order valence-electron chi connectivity index (χ4n) is 2.44. The van der Waals surface area contributed by atoms with Crippen LogP contribution in [0, 0.1) is 5.82 Å². The number of carbonyl (C=O) groups excluding carboxylic acids is 1. The van der Waals surface area contributed by atoms with Crippen molar-refractivity contribution in [2.24, 2.45) is 0 Å². The number of methoxy groups -OCH3 is 2. The Labute approximate surface area is 124 Å². The molecule has 0 aromatic heterocycles. The normalized spacial score (nSPS) is 16.0. The molecule has 1 fully saturated rings. The lowest BCUT2D eigenvalue weighted by Gasteiger charge is -2.34. The Balaban J connectivity index is 1.86. The topological polar surface area (TPSA) is 42.0 Å². The van der Waals surface area contributed by atoms with Crippen LogP contribution >= 0.6 is 0 Å². The van der Waals surface area contributed by atoms with E-state index in [4.69, 9.17) is 9.47 Å². The molecule has 1 amide bonds. The van der Waals surface area contributed by atoms with Crippen molar-refractivity contribution in [2.75, 3.05) is 47.0 Å². The SMILES string of the molecule is COCC(=O)N1CCN(Cc2ccc(OC)c(F)c2)CC1. The number of benzene rings is 1. The van der Waals surface area contributed by atoms with Crippen LogP contribution in [0.5, 0.6) is 5.75 Å². The molecule has 0 aliphatic carbocycles. The lowest BCUT2D eigenvalue weighted by atomic mass is 10.2. The second-order valence-electron chi connectivity index (χ2n) is 5.06. The number of rotatable bonds is 5. The van der Waals surface area contributed by atoms with Crippen molar-refractivity contribution in [1.29, 1.82) is 0 Å². The van der Waals surface area contributed by atoms with Crippen LogP contribution in [0.1, 0.15) is 5.56 Å². The van der Waals surface area contributed by atoms with Gasteiger partial charge in [-0.1, -0.05) is 6.07 Å². The number of carbonyl (C=O) groups is 1. The summed E-state index contributed by atoms with van der Waals surface area (Å²) in [6, 6.07) is 5.01. The number of hydrogen-bond donors (Lipinski definition) is 0. The van der Waals surface area contributed by atoms with E-state index in [1.54, 1.807) is 11.0 Å². The number of ether oxygens (including phenoxy) is 2. The third kappa shape index (κ3) is 4.15. The van der Waals surface area contributed by atoms with E-state index in [-0.39, 0.29) is 24.1 Å². The molecule has 1 aromatic carbocycles. The highest BCUT2D eigenvalue weighted by Gasteiger charge is 2.21. The van der Waals surface area contributed by atoms with E-state index in [0.717, 1.165) is 18.7 Å². The summed E-state index contributed by atoms with van der Waals surface area (Å²) in [4.78, 5) is 15.7. The van der Waals surface area contributed by atoms with E-state index in [1.807, 2.05) is 6.07 Å². The summed E-state index contributed by atoms with van der Waals surface area (Å²) < 4.78 is 23.4. The number of piperazine rings is 1. The van der Waals surface area contributed by atoms with Crippen molar-refractivity contribution in [3.63, 3.8) is 0 Å². The van der Waals surface area contributed by atoms with Crippen LogP contribution in [0.25, 0.3) is 0 Å². The summed E-state index contributed by atoms with van der Waals surface area (Å²) in [6.07, 6.45) is 0. The van der Waals surface area contributed by atoms with Gasteiger partial charge in [-0.3, -0.25) is 9.69 Å². The summed E-state index contributed by atoms with van der Waals surface area (Å²) in [5.41, 5.74) is 0.907. The van der Waals surface area contributed by atoms with Gasteiger partial charge >= 0.3 is 0 Å². The van der Waals surface area contributed by atoms with E-state index >= 15 is 0 Å². The van der Waals surface area contributed by atoms with Gasteiger partial charge in [-0.05, 0) is 17.7 Å². The minimum absolute atomic E-state index is 0.0210. The van der Waals surface area contributed by atoms with Gasteiger partial charge in [-0.15, -0.1) is 0 Å². The van der Waals surface area contributed by atoms with Gasteiger partial charge in [0.2, 0.25) is 5.91 Å². The zero-order valence-corrected chi connectivity index (χ0v) is 12.5. The highest BCUT2D eigenvalue weighted by Crippen LogP contribution is 2.19. The van der Waals surface area contributed by atoms with Crippen LogP contribution in [0.2, 0.25) is 0 Å². The predicted octanol–water partition coefficient (Wildman–Crippen LogP) is 1.12. The Morgan fingerprint density at radius 2 is 1.95 bits per heavy atom. The van der Waals surface area contributed by atoms with Gasteiger partial charge in [0.25, 0.3) is 0 Å². The molecule has 1 saturated heterocycles. The molecule has 6 heteroatoms. The molecule has 0 bridgehead atoms. The van der Waals surface area contributed by atoms with Gasteiger partial charge < -0.3 is 14.4 Å². The number of halogens is 1. The van der Waals surface area contributed by atoms with Crippen LogP contribution in [0.3, 0.4) is 0 Å². The first-order valence-corrected chi connectivity index (χ1v) is 6.95. The molecule has 0 N–H and O–H groups in total. The second-order valence-corrected chi connectivity index (χ2v) is 5.06. The molecule has 0 spiro atoms. The first kappa shape index (κ1) is 15.7. The van der Waals surface area contributed by atoms with Crippen LogP contribution in [0.4, 0.5) is 4.39 Å². The second kappa shape index (κ2) is 7.38. The smallest absolute Gasteiger partial charge is 0.248 e. The van der Waals surface area contributed by atoms with Gasteiger partial charge in [-0.2, -0.15) is 0 Å². The highest BCUT2D eigenvalue weighted by atomic mass is 19.1. The number of hydrogen-bond acceptors (Lipinski definition) is 4. The predicted molar refractivity (Wildman–Crippen MR) is 76.7 cm³/mol. The zero-order valence-electron chi connectivity index (χ0n) is 12.5. The fraction of sp³-hybridized carbons (Fsp3) is 0.533. The molecule has 0 saturated carbocycles. The molecule has 0 atom stereocenters. The summed E-state index contributed by atoms with van der Waals surface area (Å²) in [7, 11) is 2.97. The quantitative estimate of drug-likeness (QED) is 0.817. The molecule has 0 unspecified atom stereocenters. The Kier molecular flexibility index (Phi) is 5.52. The van der Waals surface area contributed by atoms with Crippen molar-refractivity contribution in [3.8, 4) is 5.75 Å². The maximum atomic E-state index is 13.6. The molecular formula is C15H21FN2O3. The maximum absolute atomic E-state index is 13.6. The largest absolute Gasteiger partial charge is 0.494 e. The molecule has 2 rings (SSSR count). The van der Waals surface area contributed by atoms with Crippen molar-refractivity contribution in [1.82, 2.24) is 9.80 Å². The average molecular weight is 296 g/mol. The van der Waals surface area contributed by atoms with Gasteiger partial charge in [0.1, 0.15) is 6.61 Å². The molecule has 1 aromatic rings. The Hall–Kier alpha value is -1.66. The fourth-order valence-corrected chi connectivity index (χ4v) is 2.44. The summed E-state index contributed by atoms with van der Waals surface area (Å²) in [5, 5.41) is 0. The molecule has 5 nitrogen and oxygen atoms in total. The Morgan fingerprint density at radius 3 is 2.52 bits per heavy atom. The average Bonchev–Trinajstić information content (AvgIpc) is 2.48. The van der Waals surface area contributed by atoms with E-state index in [1.165, 1.54) is 20.3 Å². The van der Waals surface area contributed by atoms with Crippen LogP contribution in [0.15, 0.2) is 18.2 Å². The molecule has 0 radical (unpaired) electrons. The number of nitrogens with zero attached hydrogens (tertiary/aromatic N) is 2. The summed E-state index contributed by atoms with van der Waals surface area (Å²) >= 11 is 0. The Morgan fingerprint density at radius 1 is 1.24 bits per heavy atom. The minimum atomic E-state index is -0.344. The molecular weight excluding hydrogens is 275 g/mol. The van der Waals surface area contributed by atoms with Gasteiger partial charge in [-0.25, -0.2) is 4.39 Å². The third-order valence-electron chi connectivity index (χ3n) is 3.62. The van der Waals surface area contributed by atoms with Crippen molar-refractivity contribution in [3.05, 3.63) is 29.6 Å². The highest BCUT2D eigenvalue weighted by molar-refractivity contribution is 5.77. The van der Waals surface area contributed by atoms with Crippen molar-refractivity contribution in [2.45, 2.75) is 6.54 Å². The first-order chi connectivity index (χ1) is 10.1. The molecule has 1 aliphatic heterocycles. The van der Waals surface area contributed by atoms with Crippen molar-refractivity contribution < 1.29 is 18.7 Å². The molecule has 116 valence electrons. The van der Waals surface area contributed by atoms with E-state index in [2.05, 4.69) is 4.90 Å². The monoisotopic (exact) mass is 296 g/mol. The van der Waals surface area contributed by atoms with Gasteiger partial charge in [0.05, 0.1) is 7.11 Å². The van der Waals surface area contributed by atoms with E-state index in [9.17, 15) is 9.18 Å². The van der Waals surface area contributed by atoms with Crippen LogP contribution in [-0.4, -0.2) is 62.7 Å². The minimum Gasteiger partial charge on any atom is -0.494 e. The van der Waals surface area contributed by atoms with Crippen LogP contribution in [-0.2, 0) is 16.1 Å². The van der Waals surface area contributed by atoms with E-state index in [0.29, 0.717) is 19.6 Å². The first-order valence-electron chi connectivity index (χ1n) is 6.95. The van der Waals surface area contributed by atoms with Gasteiger partial charge in [0.15, 0.2) is 11.6 Å². The van der Waals surface area contributed by atoms with E-state index < -0.39 is 0 Å². The maximum Gasteiger partial charge on any atom is 0.248 e. The lowest BCUT2D eigenvalue weighted by molar-refractivity contribution is -0.136. The third-order valence-corrected chi connectivity index (χ3v) is 3.62. The molecule has 21 heavy (non-hydrogen) atoms. The molecule has 1 heterocycles.